The van der Waals surface area contributed by atoms with Crippen LogP contribution in [0.2, 0.25) is 0 Å². The normalized spacial score (nSPS) is 25.5. The standard InChI is InChI=1S/C31H40F2/c1-2-4-23-7-11-25(12-8-23)27-15-19-29(20-16-27)30-21-17-28(18-22-30)26-13-9-24(10-14-26)5-3-6-31(32)33/h6-8,11-12,15-16,19-20,24,26,28,30H,2-5,9-10,13-14,17-18,21-22H2,1H3. The zero-order valence-corrected chi connectivity index (χ0v) is 20.2. The first kappa shape index (κ1) is 24.2. The number of halogens is 2. The van der Waals surface area contributed by atoms with Crippen LogP contribution in [-0.4, -0.2) is 0 Å². The molecule has 33 heavy (non-hydrogen) atoms. The lowest BCUT2D eigenvalue weighted by atomic mass is 9.68. The van der Waals surface area contributed by atoms with Crippen molar-refractivity contribution >= 4 is 0 Å². The van der Waals surface area contributed by atoms with Gasteiger partial charge in [-0.15, -0.1) is 0 Å². The molecule has 2 aliphatic carbocycles. The first-order valence-electron chi connectivity index (χ1n) is 13.3. The van der Waals surface area contributed by atoms with E-state index in [-0.39, 0.29) is 0 Å². The molecule has 0 nitrogen and oxygen atoms in total. The van der Waals surface area contributed by atoms with Crippen molar-refractivity contribution in [2.75, 3.05) is 0 Å². The van der Waals surface area contributed by atoms with Gasteiger partial charge in [-0.05, 0) is 110 Å². The maximum atomic E-state index is 12.2. The van der Waals surface area contributed by atoms with Crippen molar-refractivity contribution in [1.82, 2.24) is 0 Å². The van der Waals surface area contributed by atoms with Crippen LogP contribution >= 0.6 is 0 Å². The van der Waals surface area contributed by atoms with E-state index in [2.05, 4.69) is 55.5 Å². The van der Waals surface area contributed by atoms with Crippen LogP contribution in [0.15, 0.2) is 60.7 Å². The Balaban J connectivity index is 1.23. The maximum absolute atomic E-state index is 12.2. The molecule has 4 rings (SSSR count). The smallest absolute Gasteiger partial charge is 0.174 e. The Labute approximate surface area is 199 Å². The predicted octanol–water partition coefficient (Wildman–Crippen LogP) is 9.95. The fraction of sp³-hybridized carbons (Fsp3) is 0.548. The minimum atomic E-state index is -1.52. The monoisotopic (exact) mass is 450 g/mol. The third-order valence-electron chi connectivity index (χ3n) is 8.41. The van der Waals surface area contributed by atoms with E-state index in [0.717, 1.165) is 30.8 Å². The summed E-state index contributed by atoms with van der Waals surface area (Å²) in [6, 6.07) is 18.4. The van der Waals surface area contributed by atoms with Crippen LogP contribution in [0.5, 0.6) is 0 Å². The molecule has 2 saturated carbocycles. The van der Waals surface area contributed by atoms with Gasteiger partial charge in [0.05, 0.1) is 0 Å². The minimum Gasteiger partial charge on any atom is -0.174 e. The predicted molar refractivity (Wildman–Crippen MR) is 136 cm³/mol. The summed E-state index contributed by atoms with van der Waals surface area (Å²) in [5.74, 6) is 3.12. The SMILES string of the molecule is CCCc1ccc(-c2ccc(C3CCC(C4CCC(CCC=C(F)F)CC4)CC3)cc2)cc1. The van der Waals surface area contributed by atoms with E-state index in [1.165, 1.54) is 80.0 Å². The minimum absolute atomic E-state index is 0.547. The summed E-state index contributed by atoms with van der Waals surface area (Å²) < 4.78 is 24.5. The number of allylic oxidation sites excluding steroid dienone is 1. The molecule has 0 N–H and O–H groups in total. The van der Waals surface area contributed by atoms with Crippen LogP contribution in [0.1, 0.15) is 94.6 Å². The molecule has 0 heterocycles. The summed E-state index contributed by atoms with van der Waals surface area (Å²) in [6.07, 6.45) is 13.9. The number of rotatable bonds is 8. The second-order valence-electron chi connectivity index (χ2n) is 10.5. The highest BCUT2D eigenvalue weighted by molar-refractivity contribution is 5.64. The van der Waals surface area contributed by atoms with E-state index in [0.29, 0.717) is 18.3 Å². The fourth-order valence-corrected chi connectivity index (χ4v) is 6.40. The molecule has 0 spiro atoms. The largest absolute Gasteiger partial charge is 0.266 e. The van der Waals surface area contributed by atoms with Crippen LogP contribution in [0, 0.1) is 17.8 Å². The van der Waals surface area contributed by atoms with Gasteiger partial charge in [0.1, 0.15) is 0 Å². The van der Waals surface area contributed by atoms with Crippen LogP contribution in [0.3, 0.4) is 0 Å². The third-order valence-corrected chi connectivity index (χ3v) is 8.41. The summed E-state index contributed by atoms with van der Waals surface area (Å²) in [5.41, 5.74) is 5.56. The van der Waals surface area contributed by atoms with E-state index in [4.69, 9.17) is 0 Å². The molecule has 0 aromatic heterocycles. The van der Waals surface area contributed by atoms with Crippen LogP contribution in [0.25, 0.3) is 11.1 Å². The van der Waals surface area contributed by atoms with Crippen molar-refractivity contribution in [3.05, 3.63) is 71.8 Å². The molecule has 2 aromatic rings. The third kappa shape index (κ3) is 6.78. The summed E-state index contributed by atoms with van der Waals surface area (Å²) in [6.45, 7) is 2.23. The Morgan fingerprint density at radius 2 is 1.30 bits per heavy atom. The first-order chi connectivity index (χ1) is 16.1. The van der Waals surface area contributed by atoms with Gasteiger partial charge in [0.15, 0.2) is 0 Å². The molecule has 178 valence electrons. The van der Waals surface area contributed by atoms with E-state index in [1.54, 1.807) is 0 Å². The molecule has 2 aromatic carbocycles. The Morgan fingerprint density at radius 1 is 0.758 bits per heavy atom. The van der Waals surface area contributed by atoms with Gasteiger partial charge in [-0.25, -0.2) is 0 Å². The van der Waals surface area contributed by atoms with Crippen molar-refractivity contribution in [3.63, 3.8) is 0 Å². The quantitative estimate of drug-likeness (QED) is 0.375. The molecule has 0 saturated heterocycles. The van der Waals surface area contributed by atoms with Crippen molar-refractivity contribution in [3.8, 4) is 11.1 Å². The van der Waals surface area contributed by atoms with Crippen LogP contribution in [0.4, 0.5) is 8.78 Å². The zero-order valence-electron chi connectivity index (χ0n) is 20.2. The number of hydrogen-bond donors (Lipinski definition) is 0. The topological polar surface area (TPSA) is 0 Å². The Hall–Kier alpha value is -1.96. The number of hydrogen-bond acceptors (Lipinski definition) is 0. The fourth-order valence-electron chi connectivity index (χ4n) is 6.40. The molecule has 0 atom stereocenters. The van der Waals surface area contributed by atoms with Gasteiger partial charge in [-0.2, -0.15) is 8.78 Å². The van der Waals surface area contributed by atoms with Crippen molar-refractivity contribution in [2.24, 2.45) is 17.8 Å². The van der Waals surface area contributed by atoms with Gasteiger partial charge >= 0.3 is 0 Å². The molecular formula is C31H40F2. The molecule has 0 aliphatic heterocycles. The second-order valence-corrected chi connectivity index (χ2v) is 10.5. The van der Waals surface area contributed by atoms with Crippen LogP contribution in [-0.2, 0) is 6.42 Å². The highest BCUT2D eigenvalue weighted by Gasteiger charge is 2.31. The van der Waals surface area contributed by atoms with Gasteiger partial charge < -0.3 is 0 Å². The molecule has 2 aliphatic rings. The van der Waals surface area contributed by atoms with Gasteiger partial charge in [0.2, 0.25) is 0 Å². The van der Waals surface area contributed by atoms with Gasteiger partial charge in [-0.1, -0.05) is 74.7 Å². The Kier molecular flexibility index (Phi) is 8.75. The highest BCUT2D eigenvalue weighted by atomic mass is 19.3. The summed E-state index contributed by atoms with van der Waals surface area (Å²) in [4.78, 5) is 0. The second kappa shape index (κ2) is 12.0. The molecular weight excluding hydrogens is 410 g/mol. The lowest BCUT2D eigenvalue weighted by Gasteiger charge is -2.38. The molecule has 0 amide bonds. The van der Waals surface area contributed by atoms with E-state index in [1.807, 2.05) is 0 Å². The van der Waals surface area contributed by atoms with Crippen LogP contribution < -0.4 is 0 Å². The van der Waals surface area contributed by atoms with E-state index < -0.39 is 6.08 Å². The van der Waals surface area contributed by atoms with Gasteiger partial charge in [0.25, 0.3) is 6.08 Å². The summed E-state index contributed by atoms with van der Waals surface area (Å²) in [7, 11) is 0. The molecule has 0 bridgehead atoms. The summed E-state index contributed by atoms with van der Waals surface area (Å²) in [5, 5.41) is 0. The summed E-state index contributed by atoms with van der Waals surface area (Å²) >= 11 is 0. The average Bonchev–Trinajstić information content (AvgIpc) is 2.85. The van der Waals surface area contributed by atoms with Crippen molar-refractivity contribution in [1.29, 1.82) is 0 Å². The lowest BCUT2D eigenvalue weighted by molar-refractivity contribution is 0.157. The van der Waals surface area contributed by atoms with E-state index in [9.17, 15) is 8.78 Å². The molecule has 0 radical (unpaired) electrons. The zero-order chi connectivity index (χ0) is 23.0. The Bertz CT molecular complexity index is 860. The average molecular weight is 451 g/mol. The first-order valence-corrected chi connectivity index (χ1v) is 13.3. The lowest BCUT2D eigenvalue weighted by Crippen LogP contribution is -2.25. The number of aryl methyl sites for hydroxylation is 1. The van der Waals surface area contributed by atoms with Gasteiger partial charge in [-0.3, -0.25) is 0 Å². The van der Waals surface area contributed by atoms with Crippen molar-refractivity contribution in [2.45, 2.75) is 89.9 Å². The molecule has 2 fully saturated rings. The number of benzene rings is 2. The van der Waals surface area contributed by atoms with E-state index >= 15 is 0 Å². The molecule has 2 heteroatoms. The van der Waals surface area contributed by atoms with Gasteiger partial charge in [0, 0.05) is 0 Å². The Morgan fingerprint density at radius 3 is 1.85 bits per heavy atom. The maximum Gasteiger partial charge on any atom is 0.266 e. The van der Waals surface area contributed by atoms with Crippen molar-refractivity contribution < 1.29 is 8.78 Å². The molecule has 0 unspecified atom stereocenters. The highest BCUT2D eigenvalue weighted by Crippen LogP contribution is 2.44.